The Morgan fingerprint density at radius 3 is 1.35 bits per heavy atom. The quantitative estimate of drug-likeness (QED) is 0.167. The third-order valence-electron chi connectivity index (χ3n) is 12.0. The molecule has 0 saturated heterocycles. The maximum Gasteiger partial charge on any atom is 0.238 e. The number of thiophene rings is 1. The number of hydrogen-bond donors (Lipinski definition) is 0. The maximum absolute atomic E-state index is 5.52. The van der Waals surface area contributed by atoms with Crippen LogP contribution in [0.25, 0.3) is 121 Å². The summed E-state index contributed by atoms with van der Waals surface area (Å²) in [6.45, 7) is 0. The lowest BCUT2D eigenvalue weighted by Crippen LogP contribution is -2.08. The standard InChI is InChI=1S/C55H33N7S/c1-4-16-34(17-5-1)44-33-45(37-28-31-49-43(32-37)40-24-12-15-27-48(40)63-49)57-54(56-44)61-46-25-13-10-22-38(46)41-29-30-42-39-23-11-14-26-47(39)62(51(42)50(41)61)55-59-52(35-18-6-2-7-19-35)58-53(60-55)36-20-8-3-9-21-36/h1-33H. The molecule has 0 saturated carbocycles. The van der Waals surface area contributed by atoms with Gasteiger partial charge in [0.25, 0.3) is 0 Å². The lowest BCUT2D eigenvalue weighted by Gasteiger charge is -2.14. The molecule has 0 aliphatic carbocycles. The summed E-state index contributed by atoms with van der Waals surface area (Å²) in [6, 6.07) is 69.6. The first-order chi connectivity index (χ1) is 31.2. The van der Waals surface area contributed by atoms with E-state index in [1.54, 1.807) is 0 Å². The number of para-hydroxylation sites is 2. The highest BCUT2D eigenvalue weighted by Gasteiger charge is 2.25. The van der Waals surface area contributed by atoms with Crippen molar-refractivity contribution in [3.63, 3.8) is 0 Å². The third-order valence-corrected chi connectivity index (χ3v) is 13.2. The van der Waals surface area contributed by atoms with E-state index in [1.165, 1.54) is 20.2 Å². The van der Waals surface area contributed by atoms with Gasteiger partial charge >= 0.3 is 0 Å². The summed E-state index contributed by atoms with van der Waals surface area (Å²) in [5.41, 5.74) is 9.43. The molecule has 0 aliphatic rings. The molecule has 8 aromatic carbocycles. The van der Waals surface area contributed by atoms with Gasteiger partial charge in [-0.25, -0.2) is 15.0 Å². The Balaban J connectivity index is 1.15. The molecular formula is C55H33N7S. The Morgan fingerprint density at radius 2 is 0.762 bits per heavy atom. The van der Waals surface area contributed by atoms with Crippen LogP contribution in [0.15, 0.2) is 200 Å². The van der Waals surface area contributed by atoms with Crippen LogP contribution in [0.5, 0.6) is 0 Å². The SMILES string of the molecule is c1ccc(-c2cc(-c3ccc4sc5ccccc5c4c3)nc(-n3c4ccccc4c4ccc5c6ccccc6n(-c6nc(-c7ccccc7)nc(-c7ccccc7)n6)c5c43)n2)cc1. The zero-order valence-corrected chi connectivity index (χ0v) is 34.4. The van der Waals surface area contributed by atoms with Crippen molar-refractivity contribution in [3.8, 4) is 57.2 Å². The van der Waals surface area contributed by atoms with Gasteiger partial charge in [0.1, 0.15) is 0 Å². The van der Waals surface area contributed by atoms with Crippen molar-refractivity contribution in [3.05, 3.63) is 200 Å². The highest BCUT2D eigenvalue weighted by atomic mass is 32.1. The molecule has 0 atom stereocenters. The van der Waals surface area contributed by atoms with E-state index < -0.39 is 0 Å². The summed E-state index contributed by atoms with van der Waals surface area (Å²) >= 11 is 1.82. The van der Waals surface area contributed by atoms with Crippen LogP contribution in [-0.4, -0.2) is 34.1 Å². The molecule has 0 fully saturated rings. The van der Waals surface area contributed by atoms with Crippen LogP contribution < -0.4 is 0 Å². The fraction of sp³-hybridized carbons (Fsp3) is 0. The minimum Gasteiger partial charge on any atom is -0.276 e. The van der Waals surface area contributed by atoms with Crippen molar-refractivity contribution >= 4 is 75.1 Å². The third kappa shape index (κ3) is 5.69. The van der Waals surface area contributed by atoms with E-state index in [0.717, 1.165) is 77.3 Å². The van der Waals surface area contributed by atoms with E-state index in [0.29, 0.717) is 23.5 Å². The highest BCUT2D eigenvalue weighted by Crippen LogP contribution is 2.42. The van der Waals surface area contributed by atoms with Crippen LogP contribution in [0.3, 0.4) is 0 Å². The molecule has 13 rings (SSSR count). The molecule has 0 amide bonds. The fourth-order valence-corrected chi connectivity index (χ4v) is 10.2. The summed E-state index contributed by atoms with van der Waals surface area (Å²) in [5, 5.41) is 6.80. The molecule has 7 nitrogen and oxygen atoms in total. The number of fused-ring (bicyclic) bond motifs is 10. The van der Waals surface area contributed by atoms with E-state index in [4.69, 9.17) is 24.9 Å². The molecule has 0 unspecified atom stereocenters. The first-order valence-corrected chi connectivity index (χ1v) is 21.7. The average molecular weight is 824 g/mol. The van der Waals surface area contributed by atoms with Crippen LogP contribution in [0.4, 0.5) is 0 Å². The normalized spacial score (nSPS) is 11.8. The molecule has 0 bridgehead atoms. The van der Waals surface area contributed by atoms with Crippen molar-refractivity contribution in [2.75, 3.05) is 0 Å². The molecular weight excluding hydrogens is 791 g/mol. The highest BCUT2D eigenvalue weighted by molar-refractivity contribution is 7.25. The molecule has 294 valence electrons. The van der Waals surface area contributed by atoms with E-state index in [2.05, 4.69) is 143 Å². The molecule has 0 N–H and O–H groups in total. The van der Waals surface area contributed by atoms with Gasteiger partial charge in [-0.15, -0.1) is 11.3 Å². The molecule has 0 radical (unpaired) electrons. The van der Waals surface area contributed by atoms with Gasteiger partial charge in [0.05, 0.1) is 33.5 Å². The van der Waals surface area contributed by atoms with E-state index in [-0.39, 0.29) is 0 Å². The topological polar surface area (TPSA) is 74.3 Å². The Kier molecular flexibility index (Phi) is 7.94. The van der Waals surface area contributed by atoms with Crippen LogP contribution in [0, 0.1) is 0 Å². The van der Waals surface area contributed by atoms with Gasteiger partial charge in [0.15, 0.2) is 11.6 Å². The second kappa shape index (κ2) is 14.1. The maximum atomic E-state index is 5.52. The van der Waals surface area contributed by atoms with Gasteiger partial charge in [-0.1, -0.05) is 164 Å². The Hall–Kier alpha value is -8.33. The monoisotopic (exact) mass is 823 g/mol. The van der Waals surface area contributed by atoms with Gasteiger partial charge in [0.2, 0.25) is 11.9 Å². The van der Waals surface area contributed by atoms with Crippen molar-refractivity contribution in [2.45, 2.75) is 0 Å². The van der Waals surface area contributed by atoms with Crippen molar-refractivity contribution < 1.29 is 0 Å². The zero-order valence-electron chi connectivity index (χ0n) is 33.6. The Morgan fingerprint density at radius 1 is 0.302 bits per heavy atom. The van der Waals surface area contributed by atoms with Crippen molar-refractivity contribution in [1.29, 1.82) is 0 Å². The lowest BCUT2D eigenvalue weighted by molar-refractivity contribution is 0.949. The summed E-state index contributed by atoms with van der Waals surface area (Å²) in [6.07, 6.45) is 0. The number of benzene rings is 8. The smallest absolute Gasteiger partial charge is 0.238 e. The number of aromatic nitrogens is 7. The molecule has 5 heterocycles. The molecule has 13 aromatic rings. The number of nitrogens with zero attached hydrogens (tertiary/aromatic N) is 7. The summed E-state index contributed by atoms with van der Waals surface area (Å²) in [5.74, 6) is 2.28. The Labute approximate surface area is 364 Å². The first-order valence-electron chi connectivity index (χ1n) is 20.9. The number of rotatable bonds is 6. The van der Waals surface area contributed by atoms with Gasteiger partial charge in [0, 0.05) is 64.0 Å². The molecule has 8 heteroatoms. The minimum atomic E-state index is 0.522. The van der Waals surface area contributed by atoms with Crippen LogP contribution in [0.2, 0.25) is 0 Å². The zero-order chi connectivity index (χ0) is 41.4. The molecule has 0 spiro atoms. The predicted octanol–water partition coefficient (Wildman–Crippen LogP) is 13.9. The number of hydrogen-bond acceptors (Lipinski definition) is 6. The largest absolute Gasteiger partial charge is 0.276 e. The summed E-state index contributed by atoms with van der Waals surface area (Å²) < 4.78 is 6.97. The second-order valence-corrected chi connectivity index (χ2v) is 16.8. The van der Waals surface area contributed by atoms with Gasteiger partial charge in [-0.2, -0.15) is 9.97 Å². The van der Waals surface area contributed by atoms with Crippen LogP contribution in [-0.2, 0) is 0 Å². The van der Waals surface area contributed by atoms with Gasteiger partial charge < -0.3 is 0 Å². The van der Waals surface area contributed by atoms with E-state index >= 15 is 0 Å². The predicted molar refractivity (Wildman–Crippen MR) is 259 cm³/mol. The van der Waals surface area contributed by atoms with E-state index in [1.807, 2.05) is 78.1 Å². The molecule has 5 aromatic heterocycles. The molecule has 63 heavy (non-hydrogen) atoms. The van der Waals surface area contributed by atoms with Crippen LogP contribution >= 0.6 is 11.3 Å². The lowest BCUT2D eigenvalue weighted by atomic mass is 10.0. The fourth-order valence-electron chi connectivity index (χ4n) is 9.14. The van der Waals surface area contributed by atoms with Crippen molar-refractivity contribution in [1.82, 2.24) is 34.1 Å². The summed E-state index contributed by atoms with van der Waals surface area (Å²) in [4.78, 5) is 26.6. The Bertz CT molecular complexity index is 3850. The van der Waals surface area contributed by atoms with Crippen molar-refractivity contribution in [2.24, 2.45) is 0 Å². The molecule has 0 aliphatic heterocycles. The van der Waals surface area contributed by atoms with Crippen LogP contribution in [0.1, 0.15) is 0 Å². The minimum absolute atomic E-state index is 0.522. The first kappa shape index (κ1) is 35.4. The average Bonchev–Trinajstić information content (AvgIpc) is 4.02. The summed E-state index contributed by atoms with van der Waals surface area (Å²) in [7, 11) is 0. The van der Waals surface area contributed by atoms with Gasteiger partial charge in [-0.3, -0.25) is 9.13 Å². The van der Waals surface area contributed by atoms with E-state index in [9.17, 15) is 0 Å². The van der Waals surface area contributed by atoms with Gasteiger partial charge in [-0.05, 0) is 36.4 Å². The second-order valence-electron chi connectivity index (χ2n) is 15.7.